The Morgan fingerprint density at radius 3 is 1.19 bits per heavy atom. The van der Waals surface area contributed by atoms with Crippen LogP contribution >= 0.6 is 68.0 Å². The van der Waals surface area contributed by atoms with Crippen molar-refractivity contribution in [3.05, 3.63) is 153 Å². The van der Waals surface area contributed by atoms with Gasteiger partial charge in [-0.3, -0.25) is 0 Å². The van der Waals surface area contributed by atoms with Crippen LogP contribution in [-0.2, 0) is 0 Å². The summed E-state index contributed by atoms with van der Waals surface area (Å²) in [7, 11) is 0. The van der Waals surface area contributed by atoms with Crippen LogP contribution in [0.5, 0.6) is 0 Å². The normalized spacial score (nSPS) is 11.9. The van der Waals surface area contributed by atoms with Crippen molar-refractivity contribution in [2.75, 3.05) is 0 Å². The monoisotopic (exact) mass is 730 g/mol. The molecule has 0 radical (unpaired) electrons. The quantitative estimate of drug-likeness (QED) is 0.124. The fraction of sp³-hybridized carbons (Fsp3) is 0.0500. The molecule has 0 fully saturated rings. The summed E-state index contributed by atoms with van der Waals surface area (Å²) in [4.78, 5) is 10.6. The summed E-state index contributed by atoms with van der Waals surface area (Å²) in [6, 6.07) is 30.8. The number of hydrogen-bond donors (Lipinski definition) is 0. The Hall–Kier alpha value is -4.02. The van der Waals surface area contributed by atoms with Crippen LogP contribution < -0.4 is 9.13 Å². The van der Waals surface area contributed by atoms with Crippen LogP contribution in [-0.4, -0.2) is 0 Å². The van der Waals surface area contributed by atoms with E-state index >= 15 is 0 Å². The summed E-state index contributed by atoms with van der Waals surface area (Å²) >= 11 is 10.9. The standard InChI is InChI=1S/C40H30N2S6/c1-28(41-18-14-29(15-19-41)10-12-31-26-37(33-6-2-22-43-33)47-39(31)35-8-4-24-45-35)42-20-16-30(17-21-42)11-13-32-27-38(34-7-3-23-44-34)48-40(32)36-9-5-25-46-36/h2-28H,1H3/q+2/b12-10+,13-11+. The third-order valence-corrected chi connectivity index (χ3v) is 14.6. The van der Waals surface area contributed by atoms with Crippen molar-refractivity contribution in [2.45, 2.75) is 13.1 Å². The second kappa shape index (κ2) is 14.2. The second-order valence-electron chi connectivity index (χ2n) is 11.2. The van der Waals surface area contributed by atoms with E-state index in [-0.39, 0.29) is 6.17 Å². The summed E-state index contributed by atoms with van der Waals surface area (Å²) in [5.74, 6) is 0. The van der Waals surface area contributed by atoms with Gasteiger partial charge in [-0.2, -0.15) is 0 Å². The maximum absolute atomic E-state index is 2.33. The molecule has 8 rings (SSSR count). The highest BCUT2D eigenvalue weighted by Gasteiger charge is 2.21. The van der Waals surface area contributed by atoms with Crippen LogP contribution in [0.1, 0.15) is 35.3 Å². The largest absolute Gasteiger partial charge is 0.349 e. The van der Waals surface area contributed by atoms with Gasteiger partial charge in [-0.15, -0.1) is 77.2 Å². The summed E-state index contributed by atoms with van der Waals surface area (Å²) in [5, 5.41) is 8.60. The van der Waals surface area contributed by atoms with Gasteiger partial charge >= 0.3 is 6.17 Å². The van der Waals surface area contributed by atoms with Gasteiger partial charge in [0, 0.05) is 53.5 Å². The van der Waals surface area contributed by atoms with Gasteiger partial charge in [-0.1, -0.05) is 48.6 Å². The molecule has 234 valence electrons. The molecule has 0 aliphatic heterocycles. The summed E-state index contributed by atoms with van der Waals surface area (Å²) in [5.41, 5.74) is 4.90. The molecule has 0 aliphatic carbocycles. The Balaban J connectivity index is 0.969. The zero-order valence-electron chi connectivity index (χ0n) is 25.9. The molecular weight excluding hydrogens is 701 g/mol. The first kappa shape index (κ1) is 31.3. The van der Waals surface area contributed by atoms with E-state index in [1.807, 2.05) is 22.7 Å². The highest BCUT2D eigenvalue weighted by Crippen LogP contribution is 2.43. The molecule has 0 aliphatic rings. The number of pyridine rings is 2. The Labute approximate surface area is 304 Å². The van der Waals surface area contributed by atoms with Crippen molar-refractivity contribution in [1.82, 2.24) is 0 Å². The molecule has 8 aromatic heterocycles. The topological polar surface area (TPSA) is 7.76 Å². The van der Waals surface area contributed by atoms with Crippen molar-refractivity contribution in [2.24, 2.45) is 0 Å². The fourth-order valence-electron chi connectivity index (χ4n) is 5.48. The lowest BCUT2D eigenvalue weighted by molar-refractivity contribution is -0.941. The van der Waals surface area contributed by atoms with Crippen molar-refractivity contribution in [3.63, 3.8) is 0 Å². The Kier molecular flexibility index (Phi) is 9.26. The lowest BCUT2D eigenvalue weighted by atomic mass is 10.1. The molecule has 48 heavy (non-hydrogen) atoms. The zero-order valence-corrected chi connectivity index (χ0v) is 30.8. The van der Waals surface area contributed by atoms with Crippen molar-refractivity contribution in [1.29, 1.82) is 0 Å². The first-order valence-corrected chi connectivity index (χ1v) is 20.6. The highest BCUT2D eigenvalue weighted by atomic mass is 32.1. The Morgan fingerprint density at radius 1 is 0.458 bits per heavy atom. The lowest BCUT2D eigenvalue weighted by Gasteiger charge is -2.03. The first-order valence-electron chi connectivity index (χ1n) is 15.5. The van der Waals surface area contributed by atoms with E-state index in [4.69, 9.17) is 0 Å². The van der Waals surface area contributed by atoms with E-state index in [1.165, 1.54) is 61.3 Å². The molecule has 8 aromatic rings. The van der Waals surface area contributed by atoms with Crippen LogP contribution in [0, 0.1) is 0 Å². The third-order valence-electron chi connectivity index (χ3n) is 8.07. The number of hydrogen-bond acceptors (Lipinski definition) is 6. The summed E-state index contributed by atoms with van der Waals surface area (Å²) in [6.45, 7) is 2.22. The van der Waals surface area contributed by atoms with E-state index in [9.17, 15) is 0 Å². The van der Waals surface area contributed by atoms with E-state index < -0.39 is 0 Å². The molecule has 2 nitrogen and oxygen atoms in total. The second-order valence-corrected chi connectivity index (χ2v) is 17.1. The molecule has 0 unspecified atom stereocenters. The molecule has 0 aromatic carbocycles. The third kappa shape index (κ3) is 6.78. The molecule has 8 heterocycles. The predicted molar refractivity (Wildman–Crippen MR) is 213 cm³/mol. The average molecular weight is 731 g/mol. The minimum absolute atomic E-state index is 0.146. The maximum atomic E-state index is 2.33. The molecule has 0 amide bonds. The molecule has 0 atom stereocenters. The minimum Gasteiger partial charge on any atom is -0.144 e. The van der Waals surface area contributed by atoms with Gasteiger partial charge < -0.3 is 0 Å². The van der Waals surface area contributed by atoms with E-state index in [0.717, 1.165) is 0 Å². The van der Waals surface area contributed by atoms with Gasteiger partial charge in [0.1, 0.15) is 0 Å². The van der Waals surface area contributed by atoms with Gasteiger partial charge in [-0.25, -0.2) is 0 Å². The number of aromatic nitrogens is 2. The first-order chi connectivity index (χ1) is 23.7. The van der Waals surface area contributed by atoms with Gasteiger partial charge in [0.05, 0.1) is 16.7 Å². The smallest absolute Gasteiger partial charge is 0.144 e. The minimum atomic E-state index is 0.146. The van der Waals surface area contributed by atoms with Gasteiger partial charge in [0.15, 0.2) is 24.8 Å². The summed E-state index contributed by atoms with van der Waals surface area (Å²) in [6.07, 6.45) is 17.8. The number of thiophene rings is 6. The Morgan fingerprint density at radius 2 is 0.833 bits per heavy atom. The van der Waals surface area contributed by atoms with Crippen LogP contribution in [0.15, 0.2) is 131 Å². The summed E-state index contributed by atoms with van der Waals surface area (Å²) < 4.78 is 4.49. The maximum Gasteiger partial charge on any atom is 0.349 e. The van der Waals surface area contributed by atoms with Crippen molar-refractivity contribution < 1.29 is 9.13 Å². The SMILES string of the molecule is CC([n+]1ccc(/C=C/c2cc(-c3cccs3)sc2-c2cccs2)cc1)[n+]1ccc(/C=C/c2cc(-c3cccs3)sc2-c2cccs2)cc1. The molecule has 0 spiro atoms. The number of nitrogens with zero attached hydrogens (tertiary/aromatic N) is 2. The van der Waals surface area contributed by atoms with Crippen molar-refractivity contribution >= 4 is 92.3 Å². The average Bonchev–Trinajstić information content (AvgIpc) is 3.96. The van der Waals surface area contributed by atoms with Crippen LogP contribution in [0.25, 0.3) is 63.3 Å². The van der Waals surface area contributed by atoms with Gasteiger partial charge in [0.2, 0.25) is 0 Å². The van der Waals surface area contributed by atoms with Gasteiger partial charge in [0.25, 0.3) is 0 Å². The van der Waals surface area contributed by atoms with E-state index in [2.05, 4.69) is 172 Å². The molecule has 8 heteroatoms. The van der Waals surface area contributed by atoms with Crippen molar-refractivity contribution in [3.8, 4) is 39.0 Å². The molecule has 0 bridgehead atoms. The zero-order chi connectivity index (χ0) is 32.3. The highest BCUT2D eigenvalue weighted by molar-refractivity contribution is 7.26. The van der Waals surface area contributed by atoms with Crippen LogP contribution in [0.2, 0.25) is 0 Å². The fourth-order valence-corrected chi connectivity index (χ4v) is 11.2. The van der Waals surface area contributed by atoms with Crippen LogP contribution in [0.4, 0.5) is 0 Å². The van der Waals surface area contributed by atoms with E-state index in [0.29, 0.717) is 0 Å². The van der Waals surface area contributed by atoms with Gasteiger partial charge in [-0.05, 0) is 80.2 Å². The van der Waals surface area contributed by atoms with E-state index in [1.54, 1.807) is 45.3 Å². The van der Waals surface area contributed by atoms with Crippen LogP contribution in [0.3, 0.4) is 0 Å². The molecule has 0 N–H and O–H groups in total. The Bertz CT molecular complexity index is 2100. The predicted octanol–water partition coefficient (Wildman–Crippen LogP) is 12.7. The molecule has 0 saturated heterocycles. The number of rotatable bonds is 10. The lowest BCUT2D eigenvalue weighted by Crippen LogP contribution is -2.55. The molecular formula is C40H30N2S6+2. The molecule has 0 saturated carbocycles.